The van der Waals surface area contributed by atoms with Crippen LogP contribution in [0.5, 0.6) is 0 Å². The minimum Gasteiger partial charge on any atom is -0.478 e. The van der Waals surface area contributed by atoms with Crippen molar-refractivity contribution in [3.63, 3.8) is 0 Å². The number of carboxylic acid groups (broad SMARTS) is 1. The number of nitro groups is 1. The Hall–Kier alpha value is -5.00. The summed E-state index contributed by atoms with van der Waals surface area (Å²) >= 11 is 0. The van der Waals surface area contributed by atoms with Gasteiger partial charge in [0.25, 0.3) is 0 Å². The summed E-state index contributed by atoms with van der Waals surface area (Å²) < 4.78 is 5.52. The lowest BCUT2D eigenvalue weighted by Crippen LogP contribution is -2.47. The zero-order chi connectivity index (χ0) is 26.5. The molecule has 3 aromatic heterocycles. The first-order valence-electron chi connectivity index (χ1n) is 12.0. The number of carboxylic acids is 1. The summed E-state index contributed by atoms with van der Waals surface area (Å²) in [5, 5.41) is 21.6. The van der Waals surface area contributed by atoms with E-state index in [1.165, 1.54) is 24.7 Å². The van der Waals surface area contributed by atoms with Gasteiger partial charge >= 0.3 is 11.7 Å². The Kier molecular flexibility index (Phi) is 7.11. The molecule has 1 saturated heterocycles. The molecule has 12 nitrogen and oxygen atoms in total. The van der Waals surface area contributed by atoms with Crippen molar-refractivity contribution in [3.8, 4) is 0 Å². The van der Waals surface area contributed by atoms with E-state index in [2.05, 4.69) is 19.9 Å². The van der Waals surface area contributed by atoms with Crippen LogP contribution in [-0.2, 0) is 13.1 Å². The predicted molar refractivity (Wildman–Crippen MR) is 139 cm³/mol. The van der Waals surface area contributed by atoms with E-state index in [9.17, 15) is 20.0 Å². The van der Waals surface area contributed by atoms with Crippen molar-refractivity contribution in [2.75, 3.05) is 40.9 Å². The van der Waals surface area contributed by atoms with Gasteiger partial charge in [-0.15, -0.1) is 0 Å². The topological polar surface area (TPSA) is 142 Å². The molecule has 0 radical (unpaired) electrons. The van der Waals surface area contributed by atoms with Gasteiger partial charge in [-0.2, -0.15) is 0 Å². The molecule has 12 heteroatoms. The predicted octanol–water partition coefficient (Wildman–Crippen LogP) is 3.60. The van der Waals surface area contributed by atoms with Crippen LogP contribution >= 0.6 is 0 Å². The lowest BCUT2D eigenvalue weighted by Gasteiger charge is -2.36. The summed E-state index contributed by atoms with van der Waals surface area (Å²) in [6, 6.07) is 15.6. The second-order valence-corrected chi connectivity index (χ2v) is 8.73. The molecule has 0 spiro atoms. The fourth-order valence-corrected chi connectivity index (χ4v) is 4.44. The number of nitrogens with zero attached hydrogens (tertiary/aromatic N) is 7. The van der Waals surface area contributed by atoms with Gasteiger partial charge in [-0.25, -0.2) is 19.7 Å². The quantitative estimate of drug-likeness (QED) is 0.258. The van der Waals surface area contributed by atoms with E-state index in [0.717, 1.165) is 11.4 Å². The lowest BCUT2D eigenvalue weighted by molar-refractivity contribution is -0.383. The van der Waals surface area contributed by atoms with Gasteiger partial charge in [0, 0.05) is 38.9 Å². The number of hydrogen-bond acceptors (Lipinski definition) is 10. The standard InChI is InChI=1S/C26H25N7O5/c34-26(35)20-8-6-19(7-9-20)16-32(17-21-4-3-15-38-21)25-23(33(36)37)24(28-18-29-25)31-13-11-30(12-14-31)22-5-1-2-10-27-22/h1-10,15,18H,11-14,16-17H2,(H,34,35). The minimum atomic E-state index is -1.02. The van der Waals surface area contributed by atoms with Gasteiger partial charge < -0.3 is 24.2 Å². The molecule has 0 unspecified atom stereocenters. The molecular formula is C26H25N7O5. The van der Waals surface area contributed by atoms with Gasteiger partial charge in [0.1, 0.15) is 17.9 Å². The molecule has 1 fully saturated rings. The Morgan fingerprint density at radius 3 is 2.37 bits per heavy atom. The molecule has 1 aromatic carbocycles. The van der Waals surface area contributed by atoms with Crippen molar-refractivity contribution in [3.05, 3.63) is 100 Å². The van der Waals surface area contributed by atoms with Crippen LogP contribution < -0.4 is 14.7 Å². The van der Waals surface area contributed by atoms with Crippen LogP contribution in [0.4, 0.5) is 23.1 Å². The third kappa shape index (κ3) is 5.38. The number of aromatic carboxylic acids is 1. The normalized spacial score (nSPS) is 13.4. The van der Waals surface area contributed by atoms with E-state index in [-0.39, 0.29) is 36.0 Å². The molecule has 4 aromatic rings. The van der Waals surface area contributed by atoms with E-state index < -0.39 is 10.9 Å². The van der Waals surface area contributed by atoms with Crippen molar-refractivity contribution in [1.29, 1.82) is 0 Å². The van der Waals surface area contributed by atoms with Crippen molar-refractivity contribution in [2.24, 2.45) is 0 Å². The Bertz CT molecular complexity index is 1390. The molecule has 4 heterocycles. The molecule has 0 atom stereocenters. The number of piperazine rings is 1. The molecule has 5 rings (SSSR count). The highest BCUT2D eigenvalue weighted by Crippen LogP contribution is 2.36. The summed E-state index contributed by atoms with van der Waals surface area (Å²) in [4.78, 5) is 42.0. The van der Waals surface area contributed by atoms with Crippen molar-refractivity contribution < 1.29 is 19.2 Å². The second-order valence-electron chi connectivity index (χ2n) is 8.73. The van der Waals surface area contributed by atoms with Gasteiger partial charge in [-0.1, -0.05) is 18.2 Å². The summed E-state index contributed by atoms with van der Waals surface area (Å²) in [5.74, 6) is 0.856. The average Bonchev–Trinajstić information content (AvgIpc) is 3.46. The van der Waals surface area contributed by atoms with E-state index >= 15 is 0 Å². The highest BCUT2D eigenvalue weighted by molar-refractivity contribution is 5.87. The Balaban J connectivity index is 1.45. The smallest absolute Gasteiger partial charge is 0.353 e. The van der Waals surface area contributed by atoms with E-state index in [0.29, 0.717) is 31.9 Å². The molecule has 0 aliphatic carbocycles. The van der Waals surface area contributed by atoms with E-state index in [1.807, 2.05) is 23.1 Å². The summed E-state index contributed by atoms with van der Waals surface area (Å²) in [6.45, 7) is 2.80. The number of pyridine rings is 1. The first-order valence-corrected chi connectivity index (χ1v) is 12.0. The number of hydrogen-bond donors (Lipinski definition) is 1. The molecule has 0 amide bonds. The molecule has 0 bridgehead atoms. The molecule has 194 valence electrons. The van der Waals surface area contributed by atoms with Crippen molar-refractivity contribution >= 4 is 29.1 Å². The molecule has 1 N–H and O–H groups in total. The largest absolute Gasteiger partial charge is 0.478 e. The second kappa shape index (κ2) is 10.9. The summed E-state index contributed by atoms with van der Waals surface area (Å²) in [6.07, 6.45) is 4.62. The van der Waals surface area contributed by atoms with Gasteiger partial charge in [0.05, 0.1) is 23.3 Å². The van der Waals surface area contributed by atoms with Crippen LogP contribution in [0.3, 0.4) is 0 Å². The number of benzene rings is 1. The number of anilines is 3. The molecular weight excluding hydrogens is 490 g/mol. The lowest BCUT2D eigenvalue weighted by atomic mass is 10.1. The Morgan fingerprint density at radius 2 is 1.74 bits per heavy atom. The Labute approximate surface area is 217 Å². The Morgan fingerprint density at radius 1 is 0.974 bits per heavy atom. The van der Waals surface area contributed by atoms with Crippen LogP contribution in [0.15, 0.2) is 77.8 Å². The first kappa shape index (κ1) is 24.7. The molecule has 1 aliphatic rings. The van der Waals surface area contributed by atoms with Crippen LogP contribution in [0, 0.1) is 10.1 Å². The van der Waals surface area contributed by atoms with Gasteiger partial charge in [-0.05, 0) is 42.0 Å². The highest BCUT2D eigenvalue weighted by Gasteiger charge is 2.32. The summed E-state index contributed by atoms with van der Waals surface area (Å²) in [5.41, 5.74) is 0.735. The molecule has 38 heavy (non-hydrogen) atoms. The maximum absolute atomic E-state index is 12.4. The van der Waals surface area contributed by atoms with Crippen LogP contribution in [0.1, 0.15) is 21.7 Å². The van der Waals surface area contributed by atoms with E-state index in [4.69, 9.17) is 4.42 Å². The third-order valence-corrected chi connectivity index (χ3v) is 6.32. The fraction of sp³-hybridized carbons (Fsp3) is 0.231. The van der Waals surface area contributed by atoms with Gasteiger partial charge in [0.15, 0.2) is 0 Å². The minimum absolute atomic E-state index is 0.158. The number of carbonyl (C=O) groups is 1. The molecule has 1 aliphatic heterocycles. The van der Waals surface area contributed by atoms with Crippen LogP contribution in [-0.4, -0.2) is 57.1 Å². The average molecular weight is 516 g/mol. The maximum atomic E-state index is 12.4. The zero-order valence-electron chi connectivity index (χ0n) is 20.4. The number of aromatic nitrogens is 3. The fourth-order valence-electron chi connectivity index (χ4n) is 4.44. The maximum Gasteiger partial charge on any atom is 0.353 e. The van der Waals surface area contributed by atoms with Gasteiger partial charge in [-0.3, -0.25) is 10.1 Å². The summed E-state index contributed by atoms with van der Waals surface area (Å²) in [7, 11) is 0. The number of furan rings is 1. The molecule has 0 saturated carbocycles. The van der Waals surface area contributed by atoms with Crippen LogP contribution in [0.25, 0.3) is 0 Å². The first-order chi connectivity index (χ1) is 18.5. The van der Waals surface area contributed by atoms with E-state index in [1.54, 1.807) is 35.4 Å². The van der Waals surface area contributed by atoms with Gasteiger partial charge in [0.2, 0.25) is 11.6 Å². The van der Waals surface area contributed by atoms with Crippen molar-refractivity contribution in [2.45, 2.75) is 13.1 Å². The van der Waals surface area contributed by atoms with Crippen molar-refractivity contribution in [1.82, 2.24) is 15.0 Å². The third-order valence-electron chi connectivity index (χ3n) is 6.32. The number of rotatable bonds is 9. The SMILES string of the molecule is O=C(O)c1ccc(CN(Cc2ccco2)c2ncnc(N3CCN(c4ccccn4)CC3)c2[N+](=O)[O-])cc1. The van der Waals surface area contributed by atoms with Crippen LogP contribution in [0.2, 0.25) is 0 Å². The monoisotopic (exact) mass is 515 g/mol. The zero-order valence-corrected chi connectivity index (χ0v) is 20.4. The highest BCUT2D eigenvalue weighted by atomic mass is 16.6.